The number of carbonyl (C=O) groups is 3. The van der Waals surface area contributed by atoms with Crippen molar-refractivity contribution in [2.75, 3.05) is 19.8 Å². The van der Waals surface area contributed by atoms with Crippen LogP contribution in [-0.2, 0) is 34.0 Å². The molecular weight excluding hydrogens is 436 g/mol. The van der Waals surface area contributed by atoms with Gasteiger partial charge in [0, 0.05) is 11.1 Å². The van der Waals surface area contributed by atoms with E-state index >= 15 is 0 Å². The molecule has 0 saturated heterocycles. The zero-order valence-corrected chi connectivity index (χ0v) is 19.7. The van der Waals surface area contributed by atoms with E-state index in [0.717, 1.165) is 0 Å². The number of ether oxygens (including phenoxy) is 3. The zero-order valence-electron chi connectivity index (χ0n) is 19.7. The highest BCUT2D eigenvalue weighted by molar-refractivity contribution is 6.21. The molecule has 1 aliphatic carbocycles. The first kappa shape index (κ1) is 24.8. The number of benzene rings is 2. The molecule has 0 aromatic heterocycles. The van der Waals surface area contributed by atoms with E-state index < -0.39 is 23.3 Å². The normalized spacial score (nSPS) is 14.7. The molecule has 34 heavy (non-hydrogen) atoms. The smallest absolute Gasteiger partial charge is 0.342 e. The van der Waals surface area contributed by atoms with Gasteiger partial charge >= 0.3 is 17.9 Å². The van der Waals surface area contributed by atoms with Gasteiger partial charge in [0.15, 0.2) is 0 Å². The molecule has 0 saturated carbocycles. The molecule has 178 valence electrons. The molecule has 1 N–H and O–H groups in total. The monoisotopic (exact) mass is 464 g/mol. The molecule has 0 unspecified atom stereocenters. The molecule has 3 rings (SSSR count). The maximum absolute atomic E-state index is 13.4. The van der Waals surface area contributed by atoms with Crippen LogP contribution < -0.4 is 0 Å². The van der Waals surface area contributed by atoms with Crippen LogP contribution in [-0.4, -0.2) is 42.8 Å². The lowest BCUT2D eigenvalue weighted by atomic mass is 9.77. The lowest BCUT2D eigenvalue weighted by molar-refractivity contribution is -0.162. The van der Waals surface area contributed by atoms with Crippen LogP contribution in [0.3, 0.4) is 0 Å². The van der Waals surface area contributed by atoms with Crippen LogP contribution in [0.1, 0.15) is 44.4 Å². The zero-order chi connectivity index (χ0) is 24.9. The van der Waals surface area contributed by atoms with Crippen molar-refractivity contribution >= 4 is 29.2 Å². The van der Waals surface area contributed by atoms with Gasteiger partial charge in [0.2, 0.25) is 5.41 Å². The molecule has 0 amide bonds. The minimum Gasteiger partial charge on any atom is -0.506 e. The van der Waals surface area contributed by atoms with Gasteiger partial charge in [0.05, 0.1) is 19.8 Å². The Balaban J connectivity index is 2.44. The summed E-state index contributed by atoms with van der Waals surface area (Å²) in [6, 6.07) is 15.2. The molecule has 7 nitrogen and oxygen atoms in total. The van der Waals surface area contributed by atoms with Crippen LogP contribution in [0.15, 0.2) is 65.7 Å². The van der Waals surface area contributed by atoms with Gasteiger partial charge in [-0.3, -0.25) is 9.59 Å². The van der Waals surface area contributed by atoms with E-state index in [1.54, 1.807) is 82.3 Å². The summed E-state index contributed by atoms with van der Waals surface area (Å²) in [7, 11) is 0. The Bertz CT molecular complexity index is 1140. The summed E-state index contributed by atoms with van der Waals surface area (Å²) in [5.41, 5.74) is -0.477. The Kier molecular flexibility index (Phi) is 7.56. The van der Waals surface area contributed by atoms with Crippen molar-refractivity contribution in [1.29, 1.82) is 0 Å². The van der Waals surface area contributed by atoms with Gasteiger partial charge in [-0.15, -0.1) is 0 Å². The van der Waals surface area contributed by atoms with Gasteiger partial charge in [-0.25, -0.2) is 4.79 Å². The number of esters is 3. The third-order valence-corrected chi connectivity index (χ3v) is 5.71. The van der Waals surface area contributed by atoms with Gasteiger partial charge in [-0.1, -0.05) is 54.6 Å². The van der Waals surface area contributed by atoms with Crippen LogP contribution in [0.4, 0.5) is 0 Å². The Hall–Kier alpha value is -3.87. The maximum atomic E-state index is 13.4. The fourth-order valence-corrected chi connectivity index (χ4v) is 4.29. The Morgan fingerprint density at radius 1 is 0.794 bits per heavy atom. The number of aliphatic hydroxyl groups excluding tert-OH is 1. The van der Waals surface area contributed by atoms with Crippen molar-refractivity contribution < 1.29 is 33.7 Å². The van der Waals surface area contributed by atoms with Crippen molar-refractivity contribution in [2.24, 2.45) is 0 Å². The molecular formula is C27H28O7. The van der Waals surface area contributed by atoms with E-state index in [9.17, 15) is 19.5 Å². The predicted molar refractivity (Wildman–Crippen MR) is 127 cm³/mol. The van der Waals surface area contributed by atoms with Gasteiger partial charge in [0.25, 0.3) is 0 Å². The molecule has 0 spiro atoms. The Morgan fingerprint density at radius 2 is 1.32 bits per heavy atom. The quantitative estimate of drug-likeness (QED) is 0.204. The third kappa shape index (κ3) is 3.98. The summed E-state index contributed by atoms with van der Waals surface area (Å²) in [6.45, 7) is 6.66. The fraction of sp³-hybridized carbons (Fsp3) is 0.296. The Morgan fingerprint density at radius 3 is 1.88 bits per heavy atom. The lowest BCUT2D eigenvalue weighted by Gasteiger charge is -2.27. The van der Waals surface area contributed by atoms with Crippen molar-refractivity contribution in [2.45, 2.75) is 33.1 Å². The minimum absolute atomic E-state index is 0.0423. The standard InChI is InChI=1S/C27H28O7/c1-5-32-24(29)22(23(28)18-13-9-8-10-14-18)21-17(4)27(25(30)33-6-2,26(31)34-7-3)20-16-12-11-15-19(20)21/h8-16,28H,5-7H2,1-4H3/b23-22+. The summed E-state index contributed by atoms with van der Waals surface area (Å²) in [4.78, 5) is 40.0. The van der Waals surface area contributed by atoms with Crippen molar-refractivity contribution in [1.82, 2.24) is 0 Å². The molecule has 0 aliphatic heterocycles. The van der Waals surface area contributed by atoms with Crippen LogP contribution in [0.25, 0.3) is 11.3 Å². The van der Waals surface area contributed by atoms with Gasteiger partial charge in [-0.2, -0.15) is 0 Å². The van der Waals surface area contributed by atoms with E-state index in [1.807, 2.05) is 0 Å². The Labute approximate surface area is 198 Å². The van der Waals surface area contributed by atoms with E-state index in [1.165, 1.54) is 0 Å². The molecule has 1 aliphatic rings. The summed E-state index contributed by atoms with van der Waals surface area (Å²) in [6.07, 6.45) is 0. The van der Waals surface area contributed by atoms with Gasteiger partial charge in [0.1, 0.15) is 11.3 Å². The number of hydrogen-bond acceptors (Lipinski definition) is 7. The second-order valence-corrected chi connectivity index (χ2v) is 7.55. The van der Waals surface area contributed by atoms with Crippen LogP contribution >= 0.6 is 0 Å². The van der Waals surface area contributed by atoms with E-state index in [4.69, 9.17) is 14.2 Å². The van der Waals surface area contributed by atoms with Crippen molar-refractivity contribution in [3.8, 4) is 0 Å². The molecule has 7 heteroatoms. The number of rotatable bonds is 8. The van der Waals surface area contributed by atoms with E-state index in [2.05, 4.69) is 0 Å². The molecule has 0 fully saturated rings. The van der Waals surface area contributed by atoms with E-state index in [-0.39, 0.29) is 42.3 Å². The number of fused-ring (bicyclic) bond motifs is 1. The number of carbonyl (C=O) groups excluding carboxylic acids is 3. The highest BCUT2D eigenvalue weighted by Crippen LogP contribution is 2.51. The maximum Gasteiger partial charge on any atom is 0.342 e. The minimum atomic E-state index is -1.92. The molecule has 0 atom stereocenters. The predicted octanol–water partition coefficient (Wildman–Crippen LogP) is 4.37. The average molecular weight is 465 g/mol. The van der Waals surface area contributed by atoms with Crippen LogP contribution in [0.2, 0.25) is 0 Å². The largest absolute Gasteiger partial charge is 0.506 e. The van der Waals surface area contributed by atoms with Crippen molar-refractivity contribution in [3.05, 3.63) is 82.4 Å². The van der Waals surface area contributed by atoms with Gasteiger partial charge < -0.3 is 19.3 Å². The molecule has 2 aromatic carbocycles. The molecule has 2 aromatic rings. The summed E-state index contributed by atoms with van der Waals surface area (Å²) in [5.74, 6) is -2.73. The highest BCUT2D eigenvalue weighted by Gasteiger charge is 2.58. The molecule has 0 bridgehead atoms. The van der Waals surface area contributed by atoms with Crippen LogP contribution in [0.5, 0.6) is 0 Å². The summed E-state index contributed by atoms with van der Waals surface area (Å²) >= 11 is 0. The fourth-order valence-electron chi connectivity index (χ4n) is 4.29. The first-order chi connectivity index (χ1) is 16.4. The van der Waals surface area contributed by atoms with E-state index in [0.29, 0.717) is 16.7 Å². The average Bonchev–Trinajstić information content (AvgIpc) is 3.09. The number of hydrogen-bond donors (Lipinski definition) is 1. The second-order valence-electron chi connectivity index (χ2n) is 7.55. The first-order valence-corrected chi connectivity index (χ1v) is 11.2. The lowest BCUT2D eigenvalue weighted by Crippen LogP contribution is -2.46. The highest BCUT2D eigenvalue weighted by atomic mass is 16.6. The summed E-state index contributed by atoms with van der Waals surface area (Å²) < 4.78 is 16.0. The SMILES string of the molecule is CCOC(=O)/C(C1=C(C)C(C(=O)OCC)(C(=O)OCC)c2ccccc21)=C(/O)c1ccccc1. The second kappa shape index (κ2) is 10.4. The molecule has 0 radical (unpaired) electrons. The summed E-state index contributed by atoms with van der Waals surface area (Å²) in [5, 5.41) is 11.2. The third-order valence-electron chi connectivity index (χ3n) is 5.71. The van der Waals surface area contributed by atoms with Crippen LogP contribution in [0, 0.1) is 0 Å². The first-order valence-electron chi connectivity index (χ1n) is 11.2. The number of aliphatic hydroxyl groups is 1. The topological polar surface area (TPSA) is 99.1 Å². The molecule has 0 heterocycles. The van der Waals surface area contributed by atoms with Crippen molar-refractivity contribution in [3.63, 3.8) is 0 Å². The van der Waals surface area contributed by atoms with Gasteiger partial charge in [-0.05, 0) is 44.4 Å².